The molecule has 0 bridgehead atoms. The Morgan fingerprint density at radius 1 is 0.830 bits per heavy atom. The third-order valence-corrected chi connectivity index (χ3v) is 11.1. The molecule has 1 atom stereocenters. The number of amides is 2. The summed E-state index contributed by atoms with van der Waals surface area (Å²) < 4.78 is 30.1. The van der Waals surface area contributed by atoms with Crippen LogP contribution in [0, 0.1) is 0 Å². The zero-order valence-corrected chi connectivity index (χ0v) is 29.6. The van der Waals surface area contributed by atoms with Crippen molar-refractivity contribution in [1.29, 1.82) is 0 Å². The Labute approximate surface area is 295 Å². The number of rotatable bonds is 12. The normalized spacial score (nSPS) is 14.3. The van der Waals surface area contributed by atoms with E-state index in [0.29, 0.717) is 5.02 Å². The van der Waals surface area contributed by atoms with Crippen LogP contribution in [0.3, 0.4) is 0 Å². The number of benzene rings is 4. The van der Waals surface area contributed by atoms with Crippen molar-refractivity contribution in [2.45, 2.75) is 62.0 Å². The van der Waals surface area contributed by atoms with Gasteiger partial charge in [-0.1, -0.05) is 119 Å². The number of anilines is 1. The van der Waals surface area contributed by atoms with Crippen LogP contribution in [0.5, 0.6) is 0 Å². The molecule has 5 rings (SSSR count). The van der Waals surface area contributed by atoms with Gasteiger partial charge in [-0.2, -0.15) is 0 Å². The van der Waals surface area contributed by atoms with Gasteiger partial charge >= 0.3 is 0 Å². The van der Waals surface area contributed by atoms with Crippen molar-refractivity contribution in [1.82, 2.24) is 10.2 Å². The van der Waals surface area contributed by atoms with Gasteiger partial charge in [0, 0.05) is 28.5 Å². The Morgan fingerprint density at radius 3 is 2.15 bits per heavy atom. The van der Waals surface area contributed by atoms with Crippen molar-refractivity contribution >= 4 is 66.7 Å². The fraction of sp³-hybridized carbons (Fsp3) is 0.278. The van der Waals surface area contributed by atoms with Gasteiger partial charge in [0.25, 0.3) is 10.0 Å². The molecule has 4 aromatic rings. The van der Waals surface area contributed by atoms with Crippen molar-refractivity contribution in [3.05, 3.63) is 129 Å². The highest BCUT2D eigenvalue weighted by Crippen LogP contribution is 2.33. The largest absolute Gasteiger partial charge is 0.352 e. The fourth-order valence-corrected chi connectivity index (χ4v) is 8.31. The summed E-state index contributed by atoms with van der Waals surface area (Å²) in [6, 6.07) is 28.4. The minimum atomic E-state index is -4.27. The maximum absolute atomic E-state index is 14.7. The van der Waals surface area contributed by atoms with E-state index in [1.807, 2.05) is 54.6 Å². The lowest BCUT2D eigenvalue weighted by Crippen LogP contribution is -2.55. The van der Waals surface area contributed by atoms with Gasteiger partial charge in [-0.3, -0.25) is 13.9 Å². The first-order chi connectivity index (χ1) is 22.6. The van der Waals surface area contributed by atoms with Crippen LogP contribution in [0.1, 0.15) is 43.2 Å². The Kier molecular flexibility index (Phi) is 12.0. The molecule has 1 fully saturated rings. The number of carbonyl (C=O) groups excluding carboxylic acids is 2. The lowest BCUT2D eigenvalue weighted by molar-refractivity contribution is -0.140. The number of sulfonamides is 1. The third kappa shape index (κ3) is 9.16. The topological polar surface area (TPSA) is 86.8 Å². The van der Waals surface area contributed by atoms with Crippen molar-refractivity contribution in [2.24, 2.45) is 0 Å². The van der Waals surface area contributed by atoms with Gasteiger partial charge in [0.2, 0.25) is 11.8 Å². The standard InChI is InChI=1S/C36H36BrCl2N3O4S/c37-28-14-10-13-27(21-28)24-41(34(22-26-11-4-1-5-12-26)36(44)40-30-15-6-2-7-16-30)35(43)25-42(33-20-19-29(38)23-32(33)39)47(45,46)31-17-8-3-9-18-31/h1,3-5,8-14,17-21,23,30,34H,2,6-7,15-16,22,24-25H2,(H,40,44)/t34-/m1/s1. The highest BCUT2D eigenvalue weighted by molar-refractivity contribution is 9.10. The van der Waals surface area contributed by atoms with Crippen molar-refractivity contribution < 1.29 is 18.0 Å². The Hall–Kier alpha value is -3.37. The smallest absolute Gasteiger partial charge is 0.264 e. The summed E-state index contributed by atoms with van der Waals surface area (Å²) in [6.07, 6.45) is 5.19. The van der Waals surface area contributed by atoms with Crippen LogP contribution in [0.15, 0.2) is 112 Å². The molecule has 4 aromatic carbocycles. The van der Waals surface area contributed by atoms with Crippen molar-refractivity contribution in [2.75, 3.05) is 10.8 Å². The number of halogens is 3. The molecule has 1 saturated carbocycles. The van der Waals surface area contributed by atoms with Crippen LogP contribution in [0.4, 0.5) is 5.69 Å². The molecule has 47 heavy (non-hydrogen) atoms. The van der Waals surface area contributed by atoms with E-state index >= 15 is 0 Å². The first-order valence-electron chi connectivity index (χ1n) is 15.5. The molecule has 1 N–H and O–H groups in total. The minimum absolute atomic E-state index is 0.00627. The van der Waals surface area contributed by atoms with E-state index in [9.17, 15) is 18.0 Å². The van der Waals surface area contributed by atoms with Gasteiger partial charge in [0.15, 0.2) is 0 Å². The Bertz CT molecular complexity index is 1790. The number of hydrogen-bond acceptors (Lipinski definition) is 4. The van der Waals surface area contributed by atoms with E-state index < -0.39 is 28.5 Å². The van der Waals surface area contributed by atoms with Crippen LogP contribution in [-0.4, -0.2) is 43.8 Å². The highest BCUT2D eigenvalue weighted by Gasteiger charge is 2.36. The second-order valence-electron chi connectivity index (χ2n) is 11.6. The molecule has 0 unspecified atom stereocenters. The second-order valence-corrected chi connectivity index (χ2v) is 15.2. The fourth-order valence-electron chi connectivity index (χ4n) is 5.85. The number of nitrogens with zero attached hydrogens (tertiary/aromatic N) is 2. The van der Waals surface area contributed by atoms with E-state index in [1.165, 1.54) is 35.2 Å². The molecule has 7 nitrogen and oxygen atoms in total. The zero-order chi connectivity index (χ0) is 33.4. The highest BCUT2D eigenvalue weighted by atomic mass is 79.9. The summed E-state index contributed by atoms with van der Waals surface area (Å²) in [4.78, 5) is 30.3. The molecule has 0 heterocycles. The van der Waals surface area contributed by atoms with Gasteiger partial charge in [-0.15, -0.1) is 0 Å². The molecule has 11 heteroatoms. The van der Waals surface area contributed by atoms with E-state index in [0.717, 1.165) is 52.0 Å². The molecule has 2 amide bonds. The maximum atomic E-state index is 14.7. The molecular formula is C36H36BrCl2N3O4S. The average molecular weight is 758 g/mol. The summed E-state index contributed by atoms with van der Waals surface area (Å²) in [5, 5.41) is 3.61. The molecule has 0 aromatic heterocycles. The molecular weight excluding hydrogens is 721 g/mol. The quantitative estimate of drug-likeness (QED) is 0.159. The summed E-state index contributed by atoms with van der Waals surface area (Å²) in [5.41, 5.74) is 1.75. The Morgan fingerprint density at radius 2 is 1.49 bits per heavy atom. The summed E-state index contributed by atoms with van der Waals surface area (Å²) in [7, 11) is -4.27. The van der Waals surface area contributed by atoms with Crippen molar-refractivity contribution in [3.63, 3.8) is 0 Å². The van der Waals surface area contributed by atoms with Gasteiger partial charge < -0.3 is 10.2 Å². The molecule has 246 valence electrons. The Balaban J connectivity index is 1.58. The van der Waals surface area contributed by atoms with Gasteiger partial charge in [-0.05, 0) is 66.4 Å². The lowest BCUT2D eigenvalue weighted by Gasteiger charge is -2.35. The van der Waals surface area contributed by atoms with Crippen LogP contribution >= 0.6 is 39.1 Å². The average Bonchev–Trinajstić information content (AvgIpc) is 3.07. The van der Waals surface area contributed by atoms with Crippen molar-refractivity contribution in [3.8, 4) is 0 Å². The molecule has 0 aliphatic heterocycles. The molecule has 1 aliphatic rings. The van der Waals surface area contributed by atoms with Gasteiger partial charge in [0.05, 0.1) is 15.6 Å². The van der Waals surface area contributed by atoms with E-state index in [1.54, 1.807) is 18.2 Å². The summed E-state index contributed by atoms with van der Waals surface area (Å²) >= 11 is 16.3. The predicted molar refractivity (Wildman–Crippen MR) is 191 cm³/mol. The first-order valence-corrected chi connectivity index (χ1v) is 18.5. The van der Waals surface area contributed by atoms with Crippen LogP contribution < -0.4 is 9.62 Å². The minimum Gasteiger partial charge on any atom is -0.352 e. The maximum Gasteiger partial charge on any atom is 0.264 e. The number of nitrogens with one attached hydrogen (secondary N) is 1. The second kappa shape index (κ2) is 16.2. The van der Waals surface area contributed by atoms with E-state index in [2.05, 4.69) is 21.2 Å². The molecule has 1 aliphatic carbocycles. The van der Waals surface area contributed by atoms with Crippen LogP contribution in [0.25, 0.3) is 0 Å². The first kappa shape index (κ1) is 35.0. The van der Waals surface area contributed by atoms with E-state index in [-0.39, 0.29) is 40.5 Å². The third-order valence-electron chi connectivity index (χ3n) is 8.25. The number of carbonyl (C=O) groups is 2. The van der Waals surface area contributed by atoms with Crippen LogP contribution in [0.2, 0.25) is 10.0 Å². The summed E-state index contributed by atoms with van der Waals surface area (Å²) in [6.45, 7) is -0.532. The summed E-state index contributed by atoms with van der Waals surface area (Å²) in [5.74, 6) is -0.832. The molecule has 0 spiro atoms. The van der Waals surface area contributed by atoms with Gasteiger partial charge in [0.1, 0.15) is 12.6 Å². The molecule has 0 radical (unpaired) electrons. The van der Waals surface area contributed by atoms with Gasteiger partial charge in [-0.25, -0.2) is 8.42 Å². The lowest BCUT2D eigenvalue weighted by atomic mass is 9.94. The monoisotopic (exact) mass is 755 g/mol. The molecule has 0 saturated heterocycles. The predicted octanol–water partition coefficient (Wildman–Crippen LogP) is 8.04. The zero-order valence-electron chi connectivity index (χ0n) is 25.7. The SMILES string of the molecule is O=C(NC1CCCCC1)[C@@H](Cc1ccccc1)N(Cc1cccc(Br)c1)C(=O)CN(c1ccc(Cl)cc1Cl)S(=O)(=O)c1ccccc1. The number of hydrogen-bond donors (Lipinski definition) is 1. The van der Waals surface area contributed by atoms with Crippen LogP contribution in [-0.2, 0) is 32.6 Å². The van der Waals surface area contributed by atoms with E-state index in [4.69, 9.17) is 23.2 Å².